The molecule has 114 valence electrons. The molecule has 0 aliphatic heterocycles. The van der Waals surface area contributed by atoms with Crippen LogP contribution in [-0.4, -0.2) is 17.1 Å². The van der Waals surface area contributed by atoms with Gasteiger partial charge in [0.25, 0.3) is 0 Å². The molecule has 2 heterocycles. The molecule has 0 atom stereocenters. The summed E-state index contributed by atoms with van der Waals surface area (Å²) in [6.45, 7) is 1.85. The van der Waals surface area contributed by atoms with Crippen LogP contribution in [0.25, 0.3) is 21.0 Å². The number of aryl methyl sites for hydroxylation is 1. The molecule has 8 heteroatoms. The summed E-state index contributed by atoms with van der Waals surface area (Å²) in [6.07, 6.45) is 0. The molecular weight excluding hydrogens is 323 g/mol. The Morgan fingerprint density at radius 3 is 2.41 bits per heavy atom. The standard InChI is InChI=1S/C14H13FN4OS2/c1-6-11(21-13(16)18-6)10-12(22-14(17)19-10)8-5-7(15)3-4-9(8)20-2/h3-5H,1-2H3,(H2,16,18)(H2,17,19). The second kappa shape index (κ2) is 5.54. The first kappa shape index (κ1) is 14.7. The largest absolute Gasteiger partial charge is 0.496 e. The lowest BCUT2D eigenvalue weighted by Gasteiger charge is -2.08. The van der Waals surface area contributed by atoms with Gasteiger partial charge in [-0.3, -0.25) is 0 Å². The maximum Gasteiger partial charge on any atom is 0.181 e. The average molecular weight is 336 g/mol. The van der Waals surface area contributed by atoms with Crippen LogP contribution in [0.3, 0.4) is 0 Å². The Morgan fingerprint density at radius 2 is 1.77 bits per heavy atom. The maximum atomic E-state index is 13.7. The number of anilines is 2. The van der Waals surface area contributed by atoms with Gasteiger partial charge < -0.3 is 16.2 Å². The van der Waals surface area contributed by atoms with Crippen LogP contribution in [0.1, 0.15) is 5.69 Å². The predicted molar refractivity (Wildman–Crippen MR) is 88.7 cm³/mol. The lowest BCUT2D eigenvalue weighted by Crippen LogP contribution is -1.90. The summed E-state index contributed by atoms with van der Waals surface area (Å²) in [5.41, 5.74) is 13.7. The van der Waals surface area contributed by atoms with Crippen molar-refractivity contribution in [2.45, 2.75) is 6.92 Å². The Balaban J connectivity index is 2.25. The summed E-state index contributed by atoms with van der Waals surface area (Å²) >= 11 is 2.60. The normalized spacial score (nSPS) is 10.9. The zero-order valence-corrected chi connectivity index (χ0v) is 13.5. The van der Waals surface area contributed by atoms with Crippen LogP contribution in [0, 0.1) is 12.7 Å². The second-order valence-electron chi connectivity index (χ2n) is 4.54. The predicted octanol–water partition coefficient (Wildman–Crippen LogP) is 3.55. The zero-order valence-electron chi connectivity index (χ0n) is 11.9. The van der Waals surface area contributed by atoms with Crippen molar-refractivity contribution in [3.05, 3.63) is 29.7 Å². The molecule has 5 nitrogen and oxygen atoms in total. The number of hydrogen-bond donors (Lipinski definition) is 2. The Hall–Kier alpha value is -2.19. The monoisotopic (exact) mass is 336 g/mol. The van der Waals surface area contributed by atoms with Crippen molar-refractivity contribution in [3.8, 4) is 26.8 Å². The minimum Gasteiger partial charge on any atom is -0.496 e. The van der Waals surface area contributed by atoms with Crippen molar-refractivity contribution in [2.75, 3.05) is 18.6 Å². The van der Waals surface area contributed by atoms with Crippen molar-refractivity contribution in [1.29, 1.82) is 0 Å². The van der Waals surface area contributed by atoms with Gasteiger partial charge in [0.1, 0.15) is 17.3 Å². The van der Waals surface area contributed by atoms with E-state index < -0.39 is 0 Å². The molecule has 22 heavy (non-hydrogen) atoms. The maximum absolute atomic E-state index is 13.7. The Bertz CT molecular complexity index is 843. The van der Waals surface area contributed by atoms with Crippen molar-refractivity contribution in [2.24, 2.45) is 0 Å². The third kappa shape index (κ3) is 2.51. The fraction of sp³-hybridized carbons (Fsp3) is 0.143. The molecule has 0 radical (unpaired) electrons. The third-order valence-corrected chi connectivity index (χ3v) is 4.99. The van der Waals surface area contributed by atoms with Crippen molar-refractivity contribution in [3.63, 3.8) is 0 Å². The molecule has 0 bridgehead atoms. The van der Waals surface area contributed by atoms with Crippen molar-refractivity contribution in [1.82, 2.24) is 9.97 Å². The van der Waals surface area contributed by atoms with Crippen LogP contribution < -0.4 is 16.2 Å². The Morgan fingerprint density at radius 1 is 1.09 bits per heavy atom. The van der Waals surface area contributed by atoms with E-state index in [0.717, 1.165) is 15.4 Å². The number of aromatic nitrogens is 2. The van der Waals surface area contributed by atoms with Gasteiger partial charge in [0.15, 0.2) is 10.3 Å². The van der Waals surface area contributed by atoms with Gasteiger partial charge in [0, 0.05) is 5.56 Å². The van der Waals surface area contributed by atoms with E-state index in [1.54, 1.807) is 6.07 Å². The number of methoxy groups -OCH3 is 1. The Kier molecular flexibility index (Phi) is 3.71. The molecule has 4 N–H and O–H groups in total. The van der Waals surface area contributed by atoms with E-state index in [2.05, 4.69) is 9.97 Å². The average Bonchev–Trinajstić information content (AvgIpc) is 3.01. The van der Waals surface area contributed by atoms with Gasteiger partial charge in [-0.1, -0.05) is 22.7 Å². The molecule has 0 unspecified atom stereocenters. The fourth-order valence-corrected chi connectivity index (χ4v) is 3.92. The summed E-state index contributed by atoms with van der Waals surface area (Å²) in [4.78, 5) is 10.1. The SMILES string of the molecule is COc1ccc(F)cc1-c1sc(N)nc1-c1sc(N)nc1C. The topological polar surface area (TPSA) is 87.0 Å². The molecule has 1 aromatic carbocycles. The lowest BCUT2D eigenvalue weighted by molar-refractivity contribution is 0.415. The number of halogens is 1. The van der Waals surface area contributed by atoms with Crippen LogP contribution in [0.4, 0.5) is 14.7 Å². The smallest absolute Gasteiger partial charge is 0.181 e. The molecule has 0 spiro atoms. The minimum absolute atomic E-state index is 0.353. The Labute approximate surface area is 134 Å². The number of benzene rings is 1. The van der Waals surface area contributed by atoms with Gasteiger partial charge in [-0.05, 0) is 25.1 Å². The number of nitrogens with zero attached hydrogens (tertiary/aromatic N) is 2. The van der Waals surface area contributed by atoms with Crippen molar-refractivity contribution >= 4 is 32.9 Å². The zero-order chi connectivity index (χ0) is 15.9. The summed E-state index contributed by atoms with van der Waals surface area (Å²) in [7, 11) is 1.54. The highest BCUT2D eigenvalue weighted by atomic mass is 32.1. The van der Waals surface area contributed by atoms with E-state index in [9.17, 15) is 4.39 Å². The van der Waals surface area contributed by atoms with Gasteiger partial charge in [-0.25, -0.2) is 14.4 Å². The number of rotatable bonds is 3. The van der Waals surface area contributed by atoms with E-state index in [4.69, 9.17) is 16.2 Å². The molecule has 3 aromatic rings. The van der Waals surface area contributed by atoms with E-state index >= 15 is 0 Å². The van der Waals surface area contributed by atoms with Crippen LogP contribution in [0.5, 0.6) is 5.75 Å². The highest BCUT2D eigenvalue weighted by Crippen LogP contribution is 2.44. The molecular formula is C14H13FN4OS2. The molecule has 0 aliphatic carbocycles. The molecule has 0 saturated heterocycles. The van der Waals surface area contributed by atoms with Gasteiger partial charge in [-0.2, -0.15) is 0 Å². The third-order valence-electron chi connectivity index (χ3n) is 3.08. The molecule has 0 aliphatic rings. The quantitative estimate of drug-likeness (QED) is 0.764. The summed E-state index contributed by atoms with van der Waals surface area (Å²) < 4.78 is 19.0. The number of nitrogen functional groups attached to an aromatic ring is 2. The molecule has 0 saturated carbocycles. The second-order valence-corrected chi connectivity index (χ2v) is 6.60. The van der Waals surface area contributed by atoms with Crippen LogP contribution in [-0.2, 0) is 0 Å². The first-order chi connectivity index (χ1) is 10.5. The van der Waals surface area contributed by atoms with E-state index in [1.165, 1.54) is 41.9 Å². The highest BCUT2D eigenvalue weighted by Gasteiger charge is 2.21. The number of ether oxygens (including phenoxy) is 1. The van der Waals surface area contributed by atoms with Crippen molar-refractivity contribution < 1.29 is 9.13 Å². The summed E-state index contributed by atoms with van der Waals surface area (Å²) in [5, 5.41) is 0.846. The summed E-state index contributed by atoms with van der Waals surface area (Å²) in [6, 6.07) is 4.34. The van der Waals surface area contributed by atoms with E-state index in [1.807, 2.05) is 6.92 Å². The summed E-state index contributed by atoms with van der Waals surface area (Å²) in [5.74, 6) is 0.204. The van der Waals surface area contributed by atoms with E-state index in [-0.39, 0.29) is 5.82 Å². The minimum atomic E-state index is -0.353. The van der Waals surface area contributed by atoms with Gasteiger partial charge in [0.2, 0.25) is 0 Å². The molecule has 2 aromatic heterocycles. The molecule has 0 fully saturated rings. The van der Waals surface area contributed by atoms with Gasteiger partial charge in [-0.15, -0.1) is 0 Å². The lowest BCUT2D eigenvalue weighted by atomic mass is 10.1. The first-order valence-corrected chi connectivity index (χ1v) is 7.96. The highest BCUT2D eigenvalue weighted by molar-refractivity contribution is 7.21. The van der Waals surface area contributed by atoms with E-state index in [0.29, 0.717) is 27.3 Å². The number of thiazole rings is 2. The molecule has 3 rings (SSSR count). The molecule has 0 amide bonds. The van der Waals surface area contributed by atoms with Crippen LogP contribution in [0.2, 0.25) is 0 Å². The number of nitrogens with two attached hydrogens (primary N) is 2. The van der Waals surface area contributed by atoms with Gasteiger partial charge in [0.05, 0.1) is 22.6 Å². The van der Waals surface area contributed by atoms with Crippen LogP contribution >= 0.6 is 22.7 Å². The first-order valence-electron chi connectivity index (χ1n) is 6.33. The fourth-order valence-electron chi connectivity index (χ4n) is 2.17. The van der Waals surface area contributed by atoms with Crippen LogP contribution in [0.15, 0.2) is 18.2 Å². The van der Waals surface area contributed by atoms with Gasteiger partial charge >= 0.3 is 0 Å². The number of hydrogen-bond acceptors (Lipinski definition) is 7.